The number of guanidine groups is 1. The second kappa shape index (κ2) is 14.8. The van der Waals surface area contributed by atoms with E-state index in [9.17, 15) is 9.59 Å². The molecule has 0 radical (unpaired) electrons. The van der Waals surface area contributed by atoms with Crippen molar-refractivity contribution in [2.75, 3.05) is 26.7 Å². The number of aliphatic imine (C=N–C) groups is 1. The van der Waals surface area contributed by atoms with Crippen LogP contribution in [0.3, 0.4) is 0 Å². The molecule has 1 fully saturated rings. The Labute approximate surface area is 212 Å². The predicted molar refractivity (Wildman–Crippen MR) is 142 cm³/mol. The fourth-order valence-electron chi connectivity index (χ4n) is 3.65. The zero-order valence-corrected chi connectivity index (χ0v) is 23.6. The molecule has 8 nitrogen and oxygen atoms in total. The van der Waals surface area contributed by atoms with Gasteiger partial charge >= 0.3 is 6.09 Å². The third kappa shape index (κ3) is 11.0. The molecule has 1 heterocycles. The number of halogens is 1. The van der Waals surface area contributed by atoms with Crippen molar-refractivity contribution >= 4 is 41.9 Å². The number of nitrogens with zero attached hydrogens (tertiary/aromatic N) is 2. The second-order valence-corrected chi connectivity index (χ2v) is 9.71. The van der Waals surface area contributed by atoms with E-state index >= 15 is 0 Å². The monoisotopic (exact) mass is 567 g/mol. The maximum atomic E-state index is 12.6. The number of rotatable bonds is 8. The first-order chi connectivity index (χ1) is 14.5. The maximum Gasteiger partial charge on any atom is 0.407 e. The van der Waals surface area contributed by atoms with Gasteiger partial charge in [0.2, 0.25) is 5.91 Å². The summed E-state index contributed by atoms with van der Waals surface area (Å²) in [7, 11) is 1.74. The van der Waals surface area contributed by atoms with Gasteiger partial charge in [-0.1, -0.05) is 27.7 Å². The Morgan fingerprint density at radius 1 is 1.12 bits per heavy atom. The lowest BCUT2D eigenvalue weighted by Gasteiger charge is -2.35. The molecule has 2 amide bonds. The number of ether oxygens (including phenoxy) is 1. The minimum atomic E-state index is -0.527. The van der Waals surface area contributed by atoms with Crippen LogP contribution in [0.4, 0.5) is 4.79 Å². The molecule has 1 rings (SSSR count). The lowest BCUT2D eigenvalue weighted by atomic mass is 9.98. The van der Waals surface area contributed by atoms with Gasteiger partial charge in [-0.25, -0.2) is 4.79 Å². The van der Waals surface area contributed by atoms with E-state index in [-0.39, 0.29) is 47.9 Å². The molecular formula is C23H46IN5O3. The minimum Gasteiger partial charge on any atom is -0.444 e. The first-order valence-corrected chi connectivity index (χ1v) is 11.8. The van der Waals surface area contributed by atoms with Crippen molar-refractivity contribution in [3.05, 3.63) is 0 Å². The Bertz CT molecular complexity index is 595. The van der Waals surface area contributed by atoms with Crippen LogP contribution >= 0.6 is 24.0 Å². The predicted octanol–water partition coefficient (Wildman–Crippen LogP) is 3.75. The quantitative estimate of drug-likeness (QED) is 0.236. The summed E-state index contributed by atoms with van der Waals surface area (Å²) in [5.41, 5.74) is -0.527. The fraction of sp³-hybridized carbons (Fsp3) is 0.870. The Balaban J connectivity index is 0.00000961. The standard InChI is InChI=1S/C23H45N5O3.HI/c1-9-17(10-2)20(29)28-13-11-18(12-14-28)26-21(24-8)25-15-19(16(3)4)27-22(30)31-23(5,6)7;/h16-19H,9-15H2,1-8H3,(H,27,30)(H2,24,25,26);1H. The SMILES string of the molecule is CCC(CC)C(=O)N1CCC(NC(=NC)NCC(NC(=O)OC(C)(C)C)C(C)C)CC1.I. The number of alkyl carbamates (subject to hydrolysis) is 1. The lowest BCUT2D eigenvalue weighted by molar-refractivity contribution is -0.136. The summed E-state index contributed by atoms with van der Waals surface area (Å²) >= 11 is 0. The molecule has 3 N–H and O–H groups in total. The van der Waals surface area contributed by atoms with Crippen molar-refractivity contribution in [3.63, 3.8) is 0 Å². The van der Waals surface area contributed by atoms with E-state index in [4.69, 9.17) is 4.74 Å². The van der Waals surface area contributed by atoms with Crippen LogP contribution in [0.1, 0.15) is 74.1 Å². The van der Waals surface area contributed by atoms with Crippen LogP contribution in [-0.2, 0) is 9.53 Å². The van der Waals surface area contributed by atoms with Crippen LogP contribution in [0.5, 0.6) is 0 Å². The van der Waals surface area contributed by atoms with Gasteiger partial charge in [0, 0.05) is 38.6 Å². The molecule has 1 atom stereocenters. The van der Waals surface area contributed by atoms with Crippen molar-refractivity contribution in [2.24, 2.45) is 16.8 Å². The highest BCUT2D eigenvalue weighted by Crippen LogP contribution is 2.17. The molecule has 9 heteroatoms. The molecule has 188 valence electrons. The number of likely N-dealkylation sites (tertiary alicyclic amines) is 1. The molecule has 1 saturated heterocycles. The maximum absolute atomic E-state index is 12.6. The van der Waals surface area contributed by atoms with Crippen LogP contribution in [0.25, 0.3) is 0 Å². The number of carbonyl (C=O) groups is 2. The Kier molecular flexibility index (Phi) is 14.2. The topological polar surface area (TPSA) is 95.1 Å². The summed E-state index contributed by atoms with van der Waals surface area (Å²) in [5, 5.41) is 9.74. The average molecular weight is 568 g/mol. The summed E-state index contributed by atoms with van der Waals surface area (Å²) in [6.45, 7) is 15.9. The first-order valence-electron chi connectivity index (χ1n) is 11.8. The molecule has 0 saturated carbocycles. The van der Waals surface area contributed by atoms with Gasteiger partial charge in [-0.3, -0.25) is 9.79 Å². The summed E-state index contributed by atoms with van der Waals surface area (Å²) in [5.74, 6) is 1.38. The largest absolute Gasteiger partial charge is 0.444 e. The third-order valence-electron chi connectivity index (χ3n) is 5.70. The number of carbonyl (C=O) groups excluding carboxylic acids is 2. The lowest BCUT2D eigenvalue weighted by Crippen LogP contribution is -2.53. The van der Waals surface area contributed by atoms with Crippen molar-refractivity contribution in [1.82, 2.24) is 20.9 Å². The highest BCUT2D eigenvalue weighted by molar-refractivity contribution is 14.0. The van der Waals surface area contributed by atoms with Crippen molar-refractivity contribution < 1.29 is 14.3 Å². The van der Waals surface area contributed by atoms with E-state index in [1.807, 2.05) is 25.7 Å². The molecule has 0 aromatic heterocycles. The molecule has 1 aliphatic rings. The first kappa shape index (κ1) is 30.7. The zero-order chi connectivity index (χ0) is 23.6. The van der Waals surface area contributed by atoms with Crippen LogP contribution in [0, 0.1) is 11.8 Å². The Hall–Kier alpha value is -1.26. The Morgan fingerprint density at radius 3 is 2.12 bits per heavy atom. The molecule has 0 aromatic rings. The van der Waals surface area contributed by atoms with E-state index in [2.05, 4.69) is 48.6 Å². The number of piperidine rings is 1. The summed E-state index contributed by atoms with van der Waals surface area (Å²) in [6.07, 6.45) is 3.19. The van der Waals surface area contributed by atoms with Crippen molar-refractivity contribution in [3.8, 4) is 0 Å². The average Bonchev–Trinajstić information content (AvgIpc) is 2.69. The molecule has 1 aliphatic heterocycles. The van der Waals surface area contributed by atoms with E-state index < -0.39 is 11.7 Å². The summed E-state index contributed by atoms with van der Waals surface area (Å²) in [6, 6.07) is 0.182. The molecule has 32 heavy (non-hydrogen) atoms. The van der Waals surface area contributed by atoms with Gasteiger partial charge < -0.3 is 25.6 Å². The number of hydrogen-bond donors (Lipinski definition) is 3. The fourth-order valence-corrected chi connectivity index (χ4v) is 3.65. The Morgan fingerprint density at radius 2 is 1.69 bits per heavy atom. The third-order valence-corrected chi connectivity index (χ3v) is 5.70. The van der Waals surface area contributed by atoms with E-state index in [0.29, 0.717) is 18.4 Å². The smallest absolute Gasteiger partial charge is 0.407 e. The molecule has 0 aliphatic carbocycles. The second-order valence-electron chi connectivity index (χ2n) is 9.71. The molecule has 0 aromatic carbocycles. The van der Waals surface area contributed by atoms with Gasteiger partial charge in [0.05, 0.1) is 6.04 Å². The van der Waals surface area contributed by atoms with Crippen LogP contribution in [0.15, 0.2) is 4.99 Å². The normalized spacial score (nSPS) is 16.4. The van der Waals surface area contributed by atoms with Gasteiger partial charge in [-0.2, -0.15) is 0 Å². The summed E-state index contributed by atoms with van der Waals surface area (Å²) in [4.78, 5) is 31.1. The van der Waals surface area contributed by atoms with E-state index in [0.717, 1.165) is 38.8 Å². The summed E-state index contributed by atoms with van der Waals surface area (Å²) < 4.78 is 5.38. The van der Waals surface area contributed by atoms with Gasteiger partial charge in [-0.15, -0.1) is 24.0 Å². The van der Waals surface area contributed by atoms with Gasteiger partial charge in [-0.05, 0) is 52.4 Å². The molecule has 1 unspecified atom stereocenters. The van der Waals surface area contributed by atoms with Crippen molar-refractivity contribution in [1.29, 1.82) is 0 Å². The molecular weight excluding hydrogens is 521 g/mol. The van der Waals surface area contributed by atoms with Gasteiger partial charge in [0.15, 0.2) is 5.96 Å². The molecule has 0 bridgehead atoms. The number of hydrogen-bond acceptors (Lipinski definition) is 4. The highest BCUT2D eigenvalue weighted by atomic mass is 127. The number of amides is 2. The van der Waals surface area contributed by atoms with Crippen molar-refractivity contribution in [2.45, 2.75) is 91.8 Å². The van der Waals surface area contributed by atoms with Crippen LogP contribution in [-0.4, -0.2) is 67.2 Å². The van der Waals surface area contributed by atoms with Gasteiger partial charge in [0.25, 0.3) is 0 Å². The van der Waals surface area contributed by atoms with Crippen LogP contribution < -0.4 is 16.0 Å². The van der Waals surface area contributed by atoms with E-state index in [1.165, 1.54) is 0 Å². The van der Waals surface area contributed by atoms with Crippen LogP contribution in [0.2, 0.25) is 0 Å². The molecule has 0 spiro atoms. The highest BCUT2D eigenvalue weighted by Gasteiger charge is 2.27. The zero-order valence-electron chi connectivity index (χ0n) is 21.3. The van der Waals surface area contributed by atoms with Gasteiger partial charge in [0.1, 0.15) is 5.60 Å². The minimum absolute atomic E-state index is 0. The van der Waals surface area contributed by atoms with E-state index in [1.54, 1.807) is 7.05 Å². The number of nitrogens with one attached hydrogen (secondary N) is 3.